The Kier molecular flexibility index (Phi) is 4.07. The van der Waals surface area contributed by atoms with Crippen molar-refractivity contribution in [2.45, 2.75) is 0 Å². The second kappa shape index (κ2) is 5.34. The summed E-state index contributed by atoms with van der Waals surface area (Å²) in [5, 5.41) is 5.97. The van der Waals surface area contributed by atoms with E-state index < -0.39 is 0 Å². The molecule has 0 heterocycles. The van der Waals surface area contributed by atoms with E-state index >= 15 is 0 Å². The van der Waals surface area contributed by atoms with Gasteiger partial charge in [0.05, 0.1) is 5.69 Å². The van der Waals surface area contributed by atoms with E-state index in [9.17, 15) is 4.39 Å². The van der Waals surface area contributed by atoms with Crippen molar-refractivity contribution >= 4 is 23.0 Å². The van der Waals surface area contributed by atoms with Gasteiger partial charge in [-0.05, 0) is 24.4 Å². The van der Waals surface area contributed by atoms with Crippen molar-refractivity contribution in [3.63, 3.8) is 0 Å². The summed E-state index contributed by atoms with van der Waals surface area (Å²) in [4.78, 5) is 0. The minimum absolute atomic E-state index is 0.324. The van der Waals surface area contributed by atoms with Gasteiger partial charge in [0.15, 0.2) is 5.11 Å². The maximum Gasteiger partial charge on any atom is 0.171 e. The third-order valence-corrected chi connectivity index (χ3v) is 1.78. The maximum atomic E-state index is 13.1. The minimum atomic E-state index is -0.324. The number of hydrogen-bond donors (Lipinski definition) is 2. The zero-order valence-electron chi connectivity index (χ0n) is 7.59. The molecule has 14 heavy (non-hydrogen) atoms. The first-order valence-corrected chi connectivity index (χ1v) is 4.55. The number of rotatable bonds is 3. The normalized spacial score (nSPS) is 9.21. The Balaban J connectivity index is 2.56. The summed E-state index contributed by atoms with van der Waals surface area (Å²) < 4.78 is 13.1. The molecule has 1 rings (SSSR count). The highest BCUT2D eigenvalue weighted by atomic mass is 32.1. The van der Waals surface area contributed by atoms with E-state index in [4.69, 9.17) is 12.2 Å². The van der Waals surface area contributed by atoms with Crippen LogP contribution in [0.4, 0.5) is 10.1 Å². The van der Waals surface area contributed by atoms with E-state index in [1.54, 1.807) is 24.3 Å². The van der Waals surface area contributed by atoms with Crippen LogP contribution in [-0.2, 0) is 0 Å². The lowest BCUT2D eigenvalue weighted by atomic mass is 10.3. The van der Waals surface area contributed by atoms with Crippen LogP contribution < -0.4 is 10.6 Å². The topological polar surface area (TPSA) is 24.1 Å². The van der Waals surface area contributed by atoms with Crippen LogP contribution in [0.15, 0.2) is 36.9 Å². The number of anilines is 1. The predicted octanol–water partition coefficient (Wildman–Crippen LogP) is 2.30. The van der Waals surface area contributed by atoms with Crippen LogP contribution in [0.2, 0.25) is 0 Å². The van der Waals surface area contributed by atoms with Crippen LogP contribution in [0.25, 0.3) is 0 Å². The lowest BCUT2D eigenvalue weighted by Gasteiger charge is -2.08. The van der Waals surface area contributed by atoms with Crippen molar-refractivity contribution < 1.29 is 4.39 Å². The maximum absolute atomic E-state index is 13.1. The van der Waals surface area contributed by atoms with Gasteiger partial charge >= 0.3 is 0 Å². The quantitative estimate of drug-likeness (QED) is 0.591. The fraction of sp³-hybridized carbons (Fsp3) is 0.100. The van der Waals surface area contributed by atoms with Crippen molar-refractivity contribution in [3.8, 4) is 0 Å². The first-order chi connectivity index (χ1) is 6.74. The number of hydrogen-bond acceptors (Lipinski definition) is 1. The number of para-hydroxylation sites is 1. The molecule has 0 radical (unpaired) electrons. The zero-order valence-corrected chi connectivity index (χ0v) is 8.40. The van der Waals surface area contributed by atoms with Gasteiger partial charge in [0.25, 0.3) is 0 Å². The van der Waals surface area contributed by atoms with Gasteiger partial charge in [-0.2, -0.15) is 0 Å². The van der Waals surface area contributed by atoms with Gasteiger partial charge in [0.2, 0.25) is 0 Å². The Bertz CT molecular complexity index is 339. The number of nitrogens with one attached hydrogen (secondary N) is 2. The average molecular weight is 210 g/mol. The molecule has 2 nitrogen and oxygen atoms in total. The summed E-state index contributed by atoms with van der Waals surface area (Å²) in [7, 11) is 0. The highest BCUT2D eigenvalue weighted by Crippen LogP contribution is 2.11. The number of benzene rings is 1. The summed E-state index contributed by atoms with van der Waals surface area (Å²) in [5.41, 5.74) is 0.370. The van der Waals surface area contributed by atoms with E-state index in [1.807, 2.05) is 0 Å². The summed E-state index contributed by atoms with van der Waals surface area (Å²) >= 11 is 4.92. The second-order valence-electron chi connectivity index (χ2n) is 2.60. The number of thiocarbonyl (C=S) groups is 1. The molecule has 0 saturated heterocycles. The van der Waals surface area contributed by atoms with Crippen molar-refractivity contribution in [1.29, 1.82) is 0 Å². The highest BCUT2D eigenvalue weighted by molar-refractivity contribution is 7.80. The van der Waals surface area contributed by atoms with Gasteiger partial charge in [0.1, 0.15) is 5.82 Å². The van der Waals surface area contributed by atoms with Gasteiger partial charge in [-0.1, -0.05) is 18.2 Å². The third-order valence-electron chi connectivity index (χ3n) is 1.53. The molecular weight excluding hydrogens is 199 g/mol. The molecule has 74 valence electrons. The summed E-state index contributed by atoms with van der Waals surface area (Å²) in [6, 6.07) is 6.36. The van der Waals surface area contributed by atoms with Crippen LogP contribution in [-0.4, -0.2) is 11.7 Å². The van der Waals surface area contributed by atoms with Gasteiger partial charge in [-0.25, -0.2) is 4.39 Å². The van der Waals surface area contributed by atoms with E-state index in [2.05, 4.69) is 17.2 Å². The predicted molar refractivity (Wildman–Crippen MR) is 60.8 cm³/mol. The van der Waals surface area contributed by atoms with Gasteiger partial charge in [-0.15, -0.1) is 6.58 Å². The minimum Gasteiger partial charge on any atom is -0.359 e. The van der Waals surface area contributed by atoms with E-state index in [1.165, 1.54) is 6.07 Å². The van der Waals surface area contributed by atoms with Crippen LogP contribution in [0.1, 0.15) is 0 Å². The molecule has 0 saturated carbocycles. The molecule has 0 aliphatic heterocycles. The molecule has 0 amide bonds. The van der Waals surface area contributed by atoms with Gasteiger partial charge in [0, 0.05) is 6.54 Å². The molecule has 0 spiro atoms. The smallest absolute Gasteiger partial charge is 0.171 e. The van der Waals surface area contributed by atoms with Crippen LogP contribution >= 0.6 is 12.2 Å². The fourth-order valence-electron chi connectivity index (χ4n) is 0.894. The van der Waals surface area contributed by atoms with Gasteiger partial charge in [-0.3, -0.25) is 0 Å². The Hall–Kier alpha value is -1.42. The Labute approximate surface area is 87.8 Å². The molecule has 0 fully saturated rings. The second-order valence-corrected chi connectivity index (χ2v) is 3.01. The standard InChI is InChI=1S/C10H11FN2S/c1-2-7-12-10(14)13-9-6-4-3-5-8(9)11/h2-6H,1,7H2,(H2,12,13,14). The summed E-state index contributed by atoms with van der Waals surface area (Å²) in [6.07, 6.45) is 1.68. The van der Waals surface area contributed by atoms with E-state index in [0.29, 0.717) is 17.3 Å². The Morgan fingerprint density at radius 1 is 1.50 bits per heavy atom. The molecule has 1 aromatic rings. The molecule has 4 heteroatoms. The first-order valence-electron chi connectivity index (χ1n) is 4.14. The molecule has 0 atom stereocenters. The summed E-state index contributed by atoms with van der Waals surface area (Å²) in [6.45, 7) is 4.09. The van der Waals surface area contributed by atoms with Gasteiger partial charge < -0.3 is 10.6 Å². The summed E-state index contributed by atoms with van der Waals surface area (Å²) in [5.74, 6) is -0.324. The monoisotopic (exact) mass is 210 g/mol. The molecule has 0 unspecified atom stereocenters. The van der Waals surface area contributed by atoms with Crippen molar-refractivity contribution in [2.24, 2.45) is 0 Å². The Morgan fingerprint density at radius 2 is 2.21 bits per heavy atom. The van der Waals surface area contributed by atoms with Crippen molar-refractivity contribution in [1.82, 2.24) is 5.32 Å². The number of halogens is 1. The SMILES string of the molecule is C=CCNC(=S)Nc1ccccc1F. The molecule has 0 aliphatic carbocycles. The third kappa shape index (κ3) is 3.14. The van der Waals surface area contributed by atoms with Crippen LogP contribution in [0.5, 0.6) is 0 Å². The van der Waals surface area contributed by atoms with Crippen LogP contribution in [0.3, 0.4) is 0 Å². The lowest BCUT2D eigenvalue weighted by molar-refractivity contribution is 0.632. The lowest BCUT2D eigenvalue weighted by Crippen LogP contribution is -2.28. The molecule has 0 bridgehead atoms. The average Bonchev–Trinajstić information content (AvgIpc) is 2.18. The largest absolute Gasteiger partial charge is 0.359 e. The zero-order chi connectivity index (χ0) is 10.4. The first kappa shape index (κ1) is 10.7. The van der Waals surface area contributed by atoms with Crippen molar-refractivity contribution in [3.05, 3.63) is 42.7 Å². The molecular formula is C10H11FN2S. The fourth-order valence-corrected chi connectivity index (χ4v) is 1.09. The molecule has 0 aromatic heterocycles. The Morgan fingerprint density at radius 3 is 2.86 bits per heavy atom. The molecule has 0 aliphatic rings. The van der Waals surface area contributed by atoms with Crippen molar-refractivity contribution in [2.75, 3.05) is 11.9 Å². The van der Waals surface area contributed by atoms with Crippen LogP contribution in [0, 0.1) is 5.82 Å². The highest BCUT2D eigenvalue weighted by Gasteiger charge is 2.00. The molecule has 1 aromatic carbocycles. The molecule has 2 N–H and O–H groups in total. The van der Waals surface area contributed by atoms with E-state index in [0.717, 1.165) is 0 Å². The van der Waals surface area contributed by atoms with E-state index in [-0.39, 0.29) is 5.82 Å².